The predicted molar refractivity (Wildman–Crippen MR) is 108 cm³/mol. The molecule has 136 valence electrons. The Morgan fingerprint density at radius 2 is 1.88 bits per heavy atom. The average molecular weight is 368 g/mol. The fraction of sp³-hybridized carbons (Fsp3) is 0.333. The standard InChI is InChI=1S/C21H25N3OS/c1-15(13-22)14-23-20(25)21(2,16-8-4-3-5-9-16)12-19-24-17-10-6-7-11-18(17)26-19/h3-11,15H,12-14,22H2,1-2H3,(H,23,25). The van der Waals surface area contributed by atoms with Crippen molar-refractivity contribution in [3.63, 3.8) is 0 Å². The quantitative estimate of drug-likeness (QED) is 0.671. The summed E-state index contributed by atoms with van der Waals surface area (Å²) in [4.78, 5) is 17.9. The second-order valence-corrected chi connectivity index (χ2v) is 8.12. The van der Waals surface area contributed by atoms with Gasteiger partial charge in [0.05, 0.1) is 20.6 Å². The molecule has 5 heteroatoms. The smallest absolute Gasteiger partial charge is 0.230 e. The molecule has 0 aliphatic carbocycles. The third kappa shape index (κ3) is 3.94. The number of rotatable bonds is 7. The average Bonchev–Trinajstić information content (AvgIpc) is 3.08. The van der Waals surface area contributed by atoms with E-state index in [2.05, 4.69) is 11.4 Å². The van der Waals surface area contributed by atoms with E-state index in [0.29, 0.717) is 19.5 Å². The van der Waals surface area contributed by atoms with Gasteiger partial charge >= 0.3 is 0 Å². The van der Waals surface area contributed by atoms with Crippen molar-refractivity contribution in [3.05, 3.63) is 65.2 Å². The number of nitrogens with one attached hydrogen (secondary N) is 1. The first-order valence-corrected chi connectivity index (χ1v) is 9.73. The van der Waals surface area contributed by atoms with Gasteiger partial charge < -0.3 is 11.1 Å². The summed E-state index contributed by atoms with van der Waals surface area (Å²) in [7, 11) is 0. The van der Waals surface area contributed by atoms with Gasteiger partial charge in [-0.25, -0.2) is 4.98 Å². The van der Waals surface area contributed by atoms with Crippen LogP contribution in [0.4, 0.5) is 0 Å². The lowest BCUT2D eigenvalue weighted by atomic mass is 9.78. The van der Waals surface area contributed by atoms with Crippen molar-refractivity contribution in [1.82, 2.24) is 10.3 Å². The largest absolute Gasteiger partial charge is 0.355 e. The highest BCUT2D eigenvalue weighted by Crippen LogP contribution is 2.32. The van der Waals surface area contributed by atoms with Crippen LogP contribution in [0.5, 0.6) is 0 Å². The minimum Gasteiger partial charge on any atom is -0.355 e. The Morgan fingerprint density at radius 1 is 1.19 bits per heavy atom. The summed E-state index contributed by atoms with van der Waals surface area (Å²) in [6.45, 7) is 5.17. The molecule has 0 saturated heterocycles. The van der Waals surface area contributed by atoms with Crippen LogP contribution in [0, 0.1) is 5.92 Å². The van der Waals surface area contributed by atoms with Crippen LogP contribution in [0.15, 0.2) is 54.6 Å². The number of nitrogens with zero attached hydrogens (tertiary/aromatic N) is 1. The SMILES string of the molecule is CC(CN)CNC(=O)C(C)(Cc1nc2ccccc2s1)c1ccccc1. The Kier molecular flexibility index (Phi) is 5.69. The number of carbonyl (C=O) groups is 1. The molecule has 0 aliphatic rings. The van der Waals surface area contributed by atoms with Gasteiger partial charge in [0.1, 0.15) is 0 Å². The van der Waals surface area contributed by atoms with Gasteiger partial charge in [0, 0.05) is 13.0 Å². The fourth-order valence-electron chi connectivity index (χ4n) is 2.96. The topological polar surface area (TPSA) is 68.0 Å². The minimum atomic E-state index is -0.677. The number of amides is 1. The van der Waals surface area contributed by atoms with E-state index in [0.717, 1.165) is 20.8 Å². The highest BCUT2D eigenvalue weighted by atomic mass is 32.1. The molecule has 26 heavy (non-hydrogen) atoms. The van der Waals surface area contributed by atoms with Crippen LogP contribution < -0.4 is 11.1 Å². The first-order chi connectivity index (χ1) is 12.5. The molecule has 0 aliphatic heterocycles. The molecule has 4 nitrogen and oxygen atoms in total. The molecular weight excluding hydrogens is 342 g/mol. The van der Waals surface area contributed by atoms with Crippen LogP contribution in [0.3, 0.4) is 0 Å². The van der Waals surface area contributed by atoms with Crippen LogP contribution in [0.1, 0.15) is 24.4 Å². The lowest BCUT2D eigenvalue weighted by Crippen LogP contribution is -2.45. The Morgan fingerprint density at radius 3 is 2.58 bits per heavy atom. The Hall–Kier alpha value is -2.24. The third-order valence-corrected chi connectivity index (χ3v) is 5.80. The number of thiazole rings is 1. The molecule has 2 atom stereocenters. The summed E-state index contributed by atoms with van der Waals surface area (Å²) in [6.07, 6.45) is 0.569. The van der Waals surface area contributed by atoms with Gasteiger partial charge in [-0.05, 0) is 37.1 Å². The zero-order chi connectivity index (χ0) is 18.6. The third-order valence-electron chi connectivity index (χ3n) is 4.77. The van der Waals surface area contributed by atoms with Crippen molar-refractivity contribution >= 4 is 27.5 Å². The zero-order valence-corrected chi connectivity index (χ0v) is 16.1. The van der Waals surface area contributed by atoms with Crippen molar-refractivity contribution in [2.24, 2.45) is 11.7 Å². The van der Waals surface area contributed by atoms with E-state index in [9.17, 15) is 4.79 Å². The van der Waals surface area contributed by atoms with Crippen molar-refractivity contribution < 1.29 is 4.79 Å². The molecule has 1 amide bonds. The van der Waals surface area contributed by atoms with Gasteiger partial charge in [0.25, 0.3) is 0 Å². The molecular formula is C21H25N3OS. The normalized spacial score (nSPS) is 14.7. The molecule has 3 aromatic rings. The van der Waals surface area contributed by atoms with Crippen LogP contribution in [0.2, 0.25) is 0 Å². The van der Waals surface area contributed by atoms with E-state index in [-0.39, 0.29) is 11.8 Å². The highest BCUT2D eigenvalue weighted by Gasteiger charge is 2.36. The second-order valence-electron chi connectivity index (χ2n) is 7.00. The Bertz CT molecular complexity index is 844. The summed E-state index contributed by atoms with van der Waals surface area (Å²) in [5.74, 6) is 0.268. The van der Waals surface area contributed by atoms with Crippen LogP contribution >= 0.6 is 11.3 Å². The molecule has 3 N–H and O–H groups in total. The second kappa shape index (κ2) is 7.98. The molecule has 1 heterocycles. The van der Waals surface area contributed by atoms with Crippen molar-refractivity contribution in [2.45, 2.75) is 25.7 Å². The van der Waals surface area contributed by atoms with E-state index in [1.54, 1.807) is 11.3 Å². The summed E-state index contributed by atoms with van der Waals surface area (Å²) >= 11 is 1.65. The van der Waals surface area contributed by atoms with E-state index < -0.39 is 5.41 Å². The summed E-state index contributed by atoms with van der Waals surface area (Å²) < 4.78 is 1.15. The van der Waals surface area contributed by atoms with Gasteiger partial charge in [-0.15, -0.1) is 11.3 Å². The van der Waals surface area contributed by atoms with E-state index in [1.165, 1.54) is 0 Å². The monoisotopic (exact) mass is 367 g/mol. The molecule has 3 rings (SSSR count). The number of hydrogen-bond acceptors (Lipinski definition) is 4. The van der Waals surface area contributed by atoms with Crippen molar-refractivity contribution in [2.75, 3.05) is 13.1 Å². The number of fused-ring (bicyclic) bond motifs is 1. The van der Waals surface area contributed by atoms with Crippen LogP contribution in [-0.2, 0) is 16.6 Å². The molecule has 1 aromatic heterocycles. The molecule has 0 bridgehead atoms. The van der Waals surface area contributed by atoms with Gasteiger partial charge in [-0.1, -0.05) is 49.4 Å². The van der Waals surface area contributed by atoms with Crippen LogP contribution in [-0.4, -0.2) is 24.0 Å². The van der Waals surface area contributed by atoms with E-state index in [4.69, 9.17) is 10.7 Å². The maximum atomic E-state index is 13.1. The number of benzene rings is 2. The molecule has 0 spiro atoms. The number of carbonyl (C=O) groups excluding carboxylic acids is 1. The van der Waals surface area contributed by atoms with E-state index in [1.807, 2.05) is 62.4 Å². The fourth-order valence-corrected chi connectivity index (χ4v) is 4.09. The van der Waals surface area contributed by atoms with Crippen molar-refractivity contribution in [3.8, 4) is 0 Å². The van der Waals surface area contributed by atoms with Gasteiger partial charge in [-0.3, -0.25) is 4.79 Å². The highest BCUT2D eigenvalue weighted by molar-refractivity contribution is 7.18. The Balaban J connectivity index is 1.91. The van der Waals surface area contributed by atoms with Crippen molar-refractivity contribution in [1.29, 1.82) is 0 Å². The Labute approximate surface area is 158 Å². The molecule has 0 radical (unpaired) electrons. The molecule has 2 unspecified atom stereocenters. The van der Waals surface area contributed by atoms with Gasteiger partial charge in [0.15, 0.2) is 0 Å². The zero-order valence-electron chi connectivity index (χ0n) is 15.2. The summed E-state index contributed by atoms with van der Waals surface area (Å²) in [5.41, 5.74) is 6.99. The number of nitrogens with two attached hydrogens (primary N) is 1. The molecule has 0 saturated carbocycles. The lowest BCUT2D eigenvalue weighted by molar-refractivity contribution is -0.126. The van der Waals surface area contributed by atoms with E-state index >= 15 is 0 Å². The van der Waals surface area contributed by atoms with Gasteiger partial charge in [0.2, 0.25) is 5.91 Å². The minimum absolute atomic E-state index is 0.0169. The molecule has 0 fully saturated rings. The maximum Gasteiger partial charge on any atom is 0.230 e. The molecule has 2 aromatic carbocycles. The number of hydrogen-bond donors (Lipinski definition) is 2. The number of para-hydroxylation sites is 1. The maximum absolute atomic E-state index is 13.1. The first-order valence-electron chi connectivity index (χ1n) is 8.91. The predicted octanol–water partition coefficient (Wildman–Crippen LogP) is 3.51. The summed E-state index contributed by atoms with van der Waals surface area (Å²) in [5, 5.41) is 4.06. The lowest BCUT2D eigenvalue weighted by Gasteiger charge is -2.29. The van der Waals surface area contributed by atoms with Gasteiger partial charge in [-0.2, -0.15) is 0 Å². The van der Waals surface area contributed by atoms with Crippen LogP contribution in [0.25, 0.3) is 10.2 Å². The number of aromatic nitrogens is 1. The first kappa shape index (κ1) is 18.5. The summed E-state index contributed by atoms with van der Waals surface area (Å²) in [6, 6.07) is 18.0.